The fourth-order valence-corrected chi connectivity index (χ4v) is 2.40. The largest absolute Gasteiger partial charge is 0.496 e. The minimum Gasteiger partial charge on any atom is -0.496 e. The van der Waals surface area contributed by atoms with Crippen molar-refractivity contribution in [1.82, 2.24) is 5.32 Å². The van der Waals surface area contributed by atoms with Gasteiger partial charge in [-0.3, -0.25) is 0 Å². The quantitative estimate of drug-likeness (QED) is 0.752. The summed E-state index contributed by atoms with van der Waals surface area (Å²) < 4.78 is 5.02. The number of nitrogens with one attached hydrogen (secondary N) is 2. The Hall–Kier alpha value is -2.24. The summed E-state index contributed by atoms with van der Waals surface area (Å²) in [6.07, 6.45) is 3.28. The average Bonchev–Trinajstić information content (AvgIpc) is 3.16. The number of rotatable bonds is 6. The van der Waals surface area contributed by atoms with Gasteiger partial charge in [0, 0.05) is 17.8 Å². The molecule has 2 atom stereocenters. The van der Waals surface area contributed by atoms with Crippen LogP contribution in [0, 0.1) is 5.92 Å². The predicted molar refractivity (Wildman–Crippen MR) is 78.9 cm³/mol. The molecule has 1 saturated carbocycles. The number of hydrogen-bond acceptors (Lipinski definition) is 3. The molecule has 0 radical (unpaired) electrons. The number of carbonyl (C=O) groups is 2. The van der Waals surface area contributed by atoms with Crippen LogP contribution in [0.4, 0.5) is 10.5 Å². The van der Waals surface area contributed by atoms with Crippen LogP contribution in [0.5, 0.6) is 5.75 Å². The summed E-state index contributed by atoms with van der Waals surface area (Å²) in [5, 5.41) is 14.6. The fraction of sp³-hybridized carbons (Fsp3) is 0.467. The molecule has 3 N–H and O–H groups in total. The molecular formula is C15H20N2O4. The van der Waals surface area contributed by atoms with E-state index >= 15 is 0 Å². The molecule has 0 saturated heterocycles. The molecule has 0 spiro atoms. The summed E-state index contributed by atoms with van der Waals surface area (Å²) >= 11 is 0. The van der Waals surface area contributed by atoms with Crippen LogP contribution >= 0.6 is 0 Å². The van der Waals surface area contributed by atoms with Gasteiger partial charge in [0.15, 0.2) is 0 Å². The van der Waals surface area contributed by atoms with Crippen LogP contribution in [-0.4, -0.2) is 30.3 Å². The number of benzene rings is 1. The van der Waals surface area contributed by atoms with Crippen molar-refractivity contribution in [2.24, 2.45) is 5.92 Å². The van der Waals surface area contributed by atoms with E-state index in [4.69, 9.17) is 9.84 Å². The Morgan fingerprint density at radius 2 is 2.19 bits per heavy atom. The molecule has 6 nitrogen and oxygen atoms in total. The zero-order chi connectivity index (χ0) is 15.4. The van der Waals surface area contributed by atoms with Crippen molar-refractivity contribution in [3.8, 4) is 5.75 Å². The summed E-state index contributed by atoms with van der Waals surface area (Å²) in [7, 11) is 1.39. The van der Waals surface area contributed by atoms with E-state index in [0.29, 0.717) is 11.6 Å². The molecular weight excluding hydrogens is 272 g/mol. The fourth-order valence-electron chi connectivity index (χ4n) is 2.40. The van der Waals surface area contributed by atoms with Gasteiger partial charge >= 0.3 is 12.0 Å². The molecule has 1 aliphatic rings. The zero-order valence-electron chi connectivity index (χ0n) is 12.2. The summed E-state index contributed by atoms with van der Waals surface area (Å²) in [6.45, 7) is 2.13. The highest BCUT2D eigenvalue weighted by molar-refractivity contribution is 5.94. The lowest BCUT2D eigenvalue weighted by Gasteiger charge is -2.10. The molecule has 0 aromatic heterocycles. The number of hydrogen-bond donors (Lipinski definition) is 3. The van der Waals surface area contributed by atoms with E-state index in [2.05, 4.69) is 17.6 Å². The van der Waals surface area contributed by atoms with Gasteiger partial charge in [-0.1, -0.05) is 13.3 Å². The smallest absolute Gasteiger partial charge is 0.339 e. The molecule has 0 bridgehead atoms. The first-order valence-electron chi connectivity index (χ1n) is 7.04. The summed E-state index contributed by atoms with van der Waals surface area (Å²) in [5.41, 5.74) is 0.565. The second-order valence-corrected chi connectivity index (χ2v) is 5.21. The van der Waals surface area contributed by atoms with Crippen molar-refractivity contribution in [3.63, 3.8) is 0 Å². The molecule has 0 aliphatic heterocycles. The van der Waals surface area contributed by atoms with E-state index in [1.54, 1.807) is 6.07 Å². The summed E-state index contributed by atoms with van der Waals surface area (Å²) in [6, 6.07) is 4.43. The van der Waals surface area contributed by atoms with Gasteiger partial charge in [0.05, 0.1) is 7.11 Å². The van der Waals surface area contributed by atoms with Crippen LogP contribution in [0.25, 0.3) is 0 Å². The lowest BCUT2D eigenvalue weighted by atomic mass is 10.2. The first-order chi connectivity index (χ1) is 10.0. The standard InChI is InChI=1S/C15H20N2O4/c1-3-4-9-7-12(9)17-15(20)16-10-5-6-11(14(18)19)13(8-10)21-2/h5-6,8-9,12H,3-4,7H2,1-2H3,(H,18,19)(H2,16,17,20). The number of carboxylic acid groups (broad SMARTS) is 1. The molecule has 0 heterocycles. The average molecular weight is 292 g/mol. The highest BCUT2D eigenvalue weighted by Gasteiger charge is 2.37. The molecule has 1 aliphatic carbocycles. The number of amides is 2. The van der Waals surface area contributed by atoms with Gasteiger partial charge in [0.1, 0.15) is 11.3 Å². The third-order valence-corrected chi connectivity index (χ3v) is 3.59. The molecule has 2 unspecified atom stereocenters. The van der Waals surface area contributed by atoms with Crippen LogP contribution < -0.4 is 15.4 Å². The molecule has 2 amide bonds. The van der Waals surface area contributed by atoms with Gasteiger partial charge in [-0.2, -0.15) is 0 Å². The first-order valence-corrected chi connectivity index (χ1v) is 7.04. The maximum absolute atomic E-state index is 11.9. The van der Waals surface area contributed by atoms with Gasteiger partial charge in [-0.15, -0.1) is 0 Å². The monoisotopic (exact) mass is 292 g/mol. The van der Waals surface area contributed by atoms with Crippen LogP contribution in [-0.2, 0) is 0 Å². The van der Waals surface area contributed by atoms with Crippen molar-refractivity contribution < 1.29 is 19.4 Å². The Morgan fingerprint density at radius 1 is 1.43 bits per heavy atom. The van der Waals surface area contributed by atoms with Crippen molar-refractivity contribution in [1.29, 1.82) is 0 Å². The molecule has 21 heavy (non-hydrogen) atoms. The van der Waals surface area contributed by atoms with Crippen LogP contribution in [0.3, 0.4) is 0 Å². The van der Waals surface area contributed by atoms with E-state index < -0.39 is 5.97 Å². The normalized spacial score (nSPS) is 19.7. The second kappa shape index (κ2) is 6.47. The number of aromatic carboxylic acids is 1. The molecule has 1 fully saturated rings. The molecule has 1 aromatic rings. The Kier molecular flexibility index (Phi) is 4.67. The second-order valence-electron chi connectivity index (χ2n) is 5.21. The minimum absolute atomic E-state index is 0.0636. The Bertz CT molecular complexity index is 544. The number of methoxy groups -OCH3 is 1. The highest BCUT2D eigenvalue weighted by atomic mass is 16.5. The zero-order valence-corrected chi connectivity index (χ0v) is 12.2. The van der Waals surface area contributed by atoms with E-state index in [0.717, 1.165) is 19.3 Å². The van der Waals surface area contributed by atoms with Crippen LogP contribution in [0.1, 0.15) is 36.5 Å². The number of carboxylic acids is 1. The lowest BCUT2D eigenvalue weighted by molar-refractivity contribution is 0.0693. The number of carbonyl (C=O) groups excluding carboxylic acids is 1. The molecule has 2 rings (SSSR count). The van der Waals surface area contributed by atoms with Crippen molar-refractivity contribution in [2.45, 2.75) is 32.2 Å². The Balaban J connectivity index is 1.94. The van der Waals surface area contributed by atoms with Gasteiger partial charge in [-0.25, -0.2) is 9.59 Å². The highest BCUT2D eigenvalue weighted by Crippen LogP contribution is 2.34. The minimum atomic E-state index is -1.07. The molecule has 1 aromatic carbocycles. The maximum atomic E-state index is 11.9. The van der Waals surface area contributed by atoms with Crippen LogP contribution in [0.2, 0.25) is 0 Å². The van der Waals surface area contributed by atoms with Gasteiger partial charge in [0.25, 0.3) is 0 Å². The Labute approximate surface area is 123 Å². The number of anilines is 1. The lowest BCUT2D eigenvalue weighted by Crippen LogP contribution is -2.31. The van der Waals surface area contributed by atoms with Crippen molar-refractivity contribution in [3.05, 3.63) is 23.8 Å². The van der Waals surface area contributed by atoms with Crippen molar-refractivity contribution in [2.75, 3.05) is 12.4 Å². The molecule has 114 valence electrons. The van der Waals surface area contributed by atoms with E-state index in [1.807, 2.05) is 0 Å². The summed E-state index contributed by atoms with van der Waals surface area (Å²) in [5.74, 6) is -0.261. The SMILES string of the molecule is CCCC1CC1NC(=O)Nc1ccc(C(=O)O)c(OC)c1. The number of ether oxygens (including phenoxy) is 1. The van der Waals surface area contributed by atoms with E-state index in [9.17, 15) is 9.59 Å². The maximum Gasteiger partial charge on any atom is 0.339 e. The Morgan fingerprint density at radius 3 is 2.81 bits per heavy atom. The van der Waals surface area contributed by atoms with E-state index in [1.165, 1.54) is 19.2 Å². The van der Waals surface area contributed by atoms with Gasteiger partial charge < -0.3 is 20.5 Å². The van der Waals surface area contributed by atoms with Gasteiger partial charge in [-0.05, 0) is 30.9 Å². The first kappa shape index (κ1) is 15.2. The predicted octanol–water partition coefficient (Wildman–Crippen LogP) is 2.70. The van der Waals surface area contributed by atoms with Crippen molar-refractivity contribution >= 4 is 17.7 Å². The van der Waals surface area contributed by atoms with E-state index in [-0.39, 0.29) is 23.4 Å². The summed E-state index contributed by atoms with van der Waals surface area (Å²) in [4.78, 5) is 22.8. The topological polar surface area (TPSA) is 87.7 Å². The molecule has 6 heteroatoms. The number of urea groups is 1. The van der Waals surface area contributed by atoms with Crippen LogP contribution in [0.15, 0.2) is 18.2 Å². The third kappa shape index (κ3) is 3.87. The third-order valence-electron chi connectivity index (χ3n) is 3.59. The van der Waals surface area contributed by atoms with Gasteiger partial charge in [0.2, 0.25) is 0 Å².